The third kappa shape index (κ3) is 3.78. The number of halogens is 1. The Labute approximate surface area is 122 Å². The van der Waals surface area contributed by atoms with Gasteiger partial charge in [0.15, 0.2) is 0 Å². The monoisotopic (exact) mass is 291 g/mol. The van der Waals surface area contributed by atoms with Crippen molar-refractivity contribution in [2.45, 2.75) is 11.5 Å². The van der Waals surface area contributed by atoms with E-state index in [0.717, 1.165) is 22.4 Å². The van der Waals surface area contributed by atoms with Crippen LogP contribution in [-0.2, 0) is 11.5 Å². The minimum atomic E-state index is -0.155. The van der Waals surface area contributed by atoms with Gasteiger partial charge in [0.2, 0.25) is 0 Å². The average molecular weight is 291 g/mol. The van der Waals surface area contributed by atoms with Crippen molar-refractivity contribution in [2.75, 3.05) is 0 Å². The van der Waals surface area contributed by atoms with E-state index in [-0.39, 0.29) is 5.82 Å². The molecule has 2 N–H and O–H groups in total. The Kier molecular flexibility index (Phi) is 4.93. The van der Waals surface area contributed by atoms with Crippen molar-refractivity contribution >= 4 is 29.0 Å². The number of hydrogen-bond acceptors (Lipinski definition) is 2. The zero-order chi connectivity index (χ0) is 13.7. The summed E-state index contributed by atoms with van der Waals surface area (Å²) >= 11 is 6.67. The van der Waals surface area contributed by atoms with Gasteiger partial charge in [-0.1, -0.05) is 54.7 Å². The van der Waals surface area contributed by atoms with Crippen LogP contribution in [0.2, 0.25) is 0 Å². The zero-order valence-corrected chi connectivity index (χ0v) is 11.9. The number of benzene rings is 2. The van der Waals surface area contributed by atoms with E-state index in [4.69, 9.17) is 18.0 Å². The van der Waals surface area contributed by atoms with Gasteiger partial charge in [-0.3, -0.25) is 0 Å². The molecule has 0 saturated carbocycles. The van der Waals surface area contributed by atoms with E-state index >= 15 is 0 Å². The van der Waals surface area contributed by atoms with E-state index in [1.807, 2.05) is 36.4 Å². The van der Waals surface area contributed by atoms with Crippen molar-refractivity contribution < 1.29 is 4.39 Å². The maximum Gasteiger partial charge on any atom is 0.127 e. The lowest BCUT2D eigenvalue weighted by Gasteiger charge is -2.08. The molecule has 0 aliphatic carbocycles. The molecule has 0 aromatic heterocycles. The first kappa shape index (κ1) is 14.0. The van der Waals surface area contributed by atoms with Gasteiger partial charge >= 0.3 is 0 Å². The molecule has 0 aliphatic heterocycles. The minimum Gasteiger partial charge on any atom is -0.389 e. The Morgan fingerprint density at radius 3 is 2.26 bits per heavy atom. The Bertz CT molecular complexity index is 584. The second kappa shape index (κ2) is 6.68. The van der Waals surface area contributed by atoms with Crippen molar-refractivity contribution in [3.63, 3.8) is 0 Å². The highest BCUT2D eigenvalue weighted by molar-refractivity contribution is 7.97. The van der Waals surface area contributed by atoms with Crippen LogP contribution in [0.4, 0.5) is 4.39 Å². The Hall–Kier alpha value is -1.39. The molecule has 0 spiro atoms. The van der Waals surface area contributed by atoms with Gasteiger partial charge in [-0.15, -0.1) is 0 Å². The van der Waals surface area contributed by atoms with Gasteiger partial charge in [0, 0.05) is 17.1 Å². The highest BCUT2D eigenvalue weighted by Crippen LogP contribution is 2.21. The van der Waals surface area contributed by atoms with Gasteiger partial charge in [-0.05, 0) is 17.2 Å². The molecular weight excluding hydrogens is 277 g/mol. The summed E-state index contributed by atoms with van der Waals surface area (Å²) in [4.78, 5) is 0.405. The van der Waals surface area contributed by atoms with Crippen molar-refractivity contribution in [1.82, 2.24) is 0 Å². The SMILES string of the molecule is NC(=S)c1ccccc1CSCc1ccccc1F. The van der Waals surface area contributed by atoms with E-state index < -0.39 is 0 Å². The molecule has 0 saturated heterocycles. The van der Waals surface area contributed by atoms with Crippen LogP contribution in [0.25, 0.3) is 0 Å². The lowest BCUT2D eigenvalue weighted by molar-refractivity contribution is 0.617. The van der Waals surface area contributed by atoms with Crippen molar-refractivity contribution in [3.05, 3.63) is 71.0 Å². The standard InChI is InChI=1S/C15H14FNS2/c16-14-8-4-2-6-12(14)10-19-9-11-5-1-3-7-13(11)15(17)18/h1-8H,9-10H2,(H2,17,18). The molecule has 0 aliphatic rings. The van der Waals surface area contributed by atoms with Crippen LogP contribution in [0.1, 0.15) is 16.7 Å². The molecular formula is C15H14FNS2. The number of rotatable bonds is 5. The van der Waals surface area contributed by atoms with Crippen molar-refractivity contribution in [2.24, 2.45) is 5.73 Å². The van der Waals surface area contributed by atoms with Crippen LogP contribution in [0.5, 0.6) is 0 Å². The molecule has 0 atom stereocenters. The Morgan fingerprint density at radius 2 is 1.58 bits per heavy atom. The molecule has 0 bridgehead atoms. The Balaban J connectivity index is 2.00. The Morgan fingerprint density at radius 1 is 1.00 bits per heavy atom. The summed E-state index contributed by atoms with van der Waals surface area (Å²) in [6.45, 7) is 0. The van der Waals surface area contributed by atoms with Crippen molar-refractivity contribution in [3.8, 4) is 0 Å². The molecule has 2 aromatic rings. The van der Waals surface area contributed by atoms with E-state index in [1.54, 1.807) is 17.8 Å². The van der Waals surface area contributed by atoms with Gasteiger partial charge in [0.1, 0.15) is 10.8 Å². The van der Waals surface area contributed by atoms with E-state index in [0.29, 0.717) is 10.7 Å². The molecule has 2 rings (SSSR count). The van der Waals surface area contributed by atoms with Crippen LogP contribution in [-0.4, -0.2) is 4.99 Å². The molecule has 19 heavy (non-hydrogen) atoms. The number of hydrogen-bond donors (Lipinski definition) is 1. The summed E-state index contributed by atoms with van der Waals surface area (Å²) in [5, 5.41) is 0. The first-order chi connectivity index (χ1) is 9.18. The second-order valence-corrected chi connectivity index (χ2v) is 5.53. The molecule has 0 amide bonds. The van der Waals surface area contributed by atoms with Crippen molar-refractivity contribution in [1.29, 1.82) is 0 Å². The number of nitrogens with two attached hydrogens (primary N) is 1. The predicted octanol–water partition coefficient (Wildman–Crippen LogP) is 3.89. The topological polar surface area (TPSA) is 26.0 Å². The fourth-order valence-electron chi connectivity index (χ4n) is 1.77. The van der Waals surface area contributed by atoms with Crippen LogP contribution >= 0.6 is 24.0 Å². The molecule has 1 nitrogen and oxygen atoms in total. The summed E-state index contributed by atoms with van der Waals surface area (Å²) in [6, 6.07) is 14.6. The normalized spacial score (nSPS) is 10.4. The summed E-state index contributed by atoms with van der Waals surface area (Å²) in [5.41, 5.74) is 8.40. The lowest BCUT2D eigenvalue weighted by atomic mass is 10.1. The van der Waals surface area contributed by atoms with E-state index in [2.05, 4.69) is 0 Å². The summed E-state index contributed by atoms with van der Waals surface area (Å²) in [7, 11) is 0. The van der Waals surface area contributed by atoms with Crippen LogP contribution in [0, 0.1) is 5.82 Å². The number of thioether (sulfide) groups is 1. The second-order valence-electron chi connectivity index (χ2n) is 4.11. The number of thiocarbonyl (C=S) groups is 1. The third-order valence-corrected chi connectivity index (χ3v) is 4.01. The highest BCUT2D eigenvalue weighted by atomic mass is 32.2. The summed E-state index contributed by atoms with van der Waals surface area (Å²) in [5.74, 6) is 1.25. The summed E-state index contributed by atoms with van der Waals surface area (Å²) < 4.78 is 13.5. The van der Waals surface area contributed by atoms with Gasteiger partial charge in [-0.25, -0.2) is 4.39 Å². The largest absolute Gasteiger partial charge is 0.389 e. The summed E-state index contributed by atoms with van der Waals surface area (Å²) in [6.07, 6.45) is 0. The molecule has 0 fully saturated rings. The first-order valence-corrected chi connectivity index (χ1v) is 7.43. The van der Waals surface area contributed by atoms with Gasteiger partial charge < -0.3 is 5.73 Å². The predicted molar refractivity (Wildman–Crippen MR) is 83.7 cm³/mol. The maximum absolute atomic E-state index is 13.5. The molecule has 0 radical (unpaired) electrons. The molecule has 4 heteroatoms. The zero-order valence-electron chi connectivity index (χ0n) is 10.3. The molecule has 98 valence electrons. The molecule has 2 aromatic carbocycles. The quantitative estimate of drug-likeness (QED) is 0.846. The van der Waals surface area contributed by atoms with Crippen LogP contribution in [0.15, 0.2) is 48.5 Å². The minimum absolute atomic E-state index is 0.155. The third-order valence-electron chi connectivity index (χ3n) is 2.76. The smallest absolute Gasteiger partial charge is 0.127 e. The molecule has 0 unspecified atom stereocenters. The lowest BCUT2D eigenvalue weighted by Crippen LogP contribution is -2.11. The van der Waals surface area contributed by atoms with E-state index in [9.17, 15) is 4.39 Å². The maximum atomic E-state index is 13.5. The van der Waals surface area contributed by atoms with E-state index in [1.165, 1.54) is 6.07 Å². The van der Waals surface area contributed by atoms with Gasteiger partial charge in [0.05, 0.1) is 0 Å². The highest BCUT2D eigenvalue weighted by Gasteiger charge is 2.05. The first-order valence-electron chi connectivity index (χ1n) is 5.87. The van der Waals surface area contributed by atoms with Gasteiger partial charge in [-0.2, -0.15) is 11.8 Å². The molecule has 0 heterocycles. The van der Waals surface area contributed by atoms with Crippen LogP contribution < -0.4 is 5.73 Å². The fraction of sp³-hybridized carbons (Fsp3) is 0.133. The average Bonchev–Trinajstić information content (AvgIpc) is 2.41. The fourth-order valence-corrected chi connectivity index (χ4v) is 3.00. The van der Waals surface area contributed by atoms with Gasteiger partial charge in [0.25, 0.3) is 0 Å². The van der Waals surface area contributed by atoms with Crippen LogP contribution in [0.3, 0.4) is 0 Å².